The van der Waals surface area contributed by atoms with Crippen LogP contribution in [0.4, 0.5) is 0 Å². The molecule has 0 spiro atoms. The van der Waals surface area contributed by atoms with Crippen LogP contribution in [0.5, 0.6) is 0 Å². The van der Waals surface area contributed by atoms with Crippen molar-refractivity contribution in [2.45, 2.75) is 85.2 Å². The summed E-state index contributed by atoms with van der Waals surface area (Å²) < 4.78 is 0. The lowest BCUT2D eigenvalue weighted by Gasteiger charge is -2.34. The molecule has 0 saturated carbocycles. The number of allylic oxidation sites excluding steroid dienone is 3. The third-order valence-electron chi connectivity index (χ3n) is 5.12. The molecule has 0 aromatic carbocycles. The van der Waals surface area contributed by atoms with Crippen molar-refractivity contribution in [1.29, 1.82) is 0 Å². The van der Waals surface area contributed by atoms with Gasteiger partial charge in [-0.05, 0) is 33.1 Å². The highest BCUT2D eigenvalue weighted by molar-refractivity contribution is 7.76. The number of carbonyl (C=O) groups excluding carboxylic acids is 1. The number of aliphatic hydroxyl groups excluding tert-OH is 1. The van der Waals surface area contributed by atoms with Crippen LogP contribution < -0.4 is 0 Å². The lowest BCUT2D eigenvalue weighted by molar-refractivity contribution is -0.113. The molecule has 0 heterocycles. The summed E-state index contributed by atoms with van der Waals surface area (Å²) >= 11 is 0. The molecule has 2 nitrogen and oxygen atoms in total. The number of ketones is 1. The van der Waals surface area contributed by atoms with Gasteiger partial charge in [-0.25, -0.2) is 0 Å². The van der Waals surface area contributed by atoms with Gasteiger partial charge in [0.2, 0.25) is 0 Å². The fourth-order valence-corrected chi connectivity index (χ4v) is 9.03. The molecular formula is C21H40O2P+. The molecule has 24 heavy (non-hydrogen) atoms. The average Bonchev–Trinajstić information content (AvgIpc) is 2.55. The van der Waals surface area contributed by atoms with Gasteiger partial charge in [0.1, 0.15) is 0 Å². The smallest absolute Gasteiger partial charge is 0.159 e. The Bertz CT molecular complexity index is 386. The lowest BCUT2D eigenvalue weighted by Crippen LogP contribution is -2.23. The van der Waals surface area contributed by atoms with Gasteiger partial charge >= 0.3 is 0 Å². The zero-order valence-electron chi connectivity index (χ0n) is 16.7. The van der Waals surface area contributed by atoms with Crippen molar-refractivity contribution in [2.24, 2.45) is 0 Å². The maximum atomic E-state index is 12.0. The molecule has 0 rings (SSSR count). The molecule has 3 heteroatoms. The Morgan fingerprint density at radius 3 is 1.67 bits per heavy atom. The van der Waals surface area contributed by atoms with E-state index < -0.39 is 7.26 Å². The predicted octanol–water partition coefficient (Wildman–Crippen LogP) is 6.77. The summed E-state index contributed by atoms with van der Waals surface area (Å²) in [6.45, 7) is 14.1. The van der Waals surface area contributed by atoms with Crippen LogP contribution in [0.15, 0.2) is 24.0 Å². The van der Waals surface area contributed by atoms with Crippen LogP contribution in [0.2, 0.25) is 0 Å². The molecular weight excluding hydrogens is 315 g/mol. The number of hydrogen-bond donors (Lipinski definition) is 1. The van der Waals surface area contributed by atoms with Crippen LogP contribution >= 0.6 is 7.26 Å². The highest BCUT2D eigenvalue weighted by Gasteiger charge is 2.43. The topological polar surface area (TPSA) is 37.3 Å². The molecule has 0 aliphatic heterocycles. The standard InChI is InChI=1S/C21H39O2P/c1-7-11-14-24(15-12-8-2,16-13-9-3)20(10-4)17-21(18(5)22)19(6)23/h10,20H,4,7-9,11-17H2,1-3,5-6H3/p+1. The van der Waals surface area contributed by atoms with Crippen LogP contribution in [0.1, 0.15) is 79.6 Å². The second-order valence-corrected chi connectivity index (χ2v) is 11.5. The zero-order valence-corrected chi connectivity index (χ0v) is 17.6. The highest BCUT2D eigenvalue weighted by Crippen LogP contribution is 2.66. The molecule has 1 N–H and O–H groups in total. The first-order chi connectivity index (χ1) is 11.4. The van der Waals surface area contributed by atoms with E-state index in [2.05, 4.69) is 33.4 Å². The van der Waals surface area contributed by atoms with Crippen molar-refractivity contribution in [3.63, 3.8) is 0 Å². The summed E-state index contributed by atoms with van der Waals surface area (Å²) in [7, 11) is -1.20. The van der Waals surface area contributed by atoms with Gasteiger partial charge in [0.25, 0.3) is 0 Å². The van der Waals surface area contributed by atoms with Gasteiger partial charge in [0.15, 0.2) is 5.78 Å². The van der Waals surface area contributed by atoms with E-state index in [1.807, 2.05) is 0 Å². The van der Waals surface area contributed by atoms with Crippen molar-refractivity contribution in [3.8, 4) is 0 Å². The molecule has 0 amide bonds. The first-order valence-electron chi connectivity index (χ1n) is 9.76. The van der Waals surface area contributed by atoms with Crippen molar-refractivity contribution >= 4 is 13.0 Å². The Morgan fingerprint density at radius 2 is 1.42 bits per heavy atom. The largest absolute Gasteiger partial charge is 0.512 e. The number of hydrogen-bond acceptors (Lipinski definition) is 2. The summed E-state index contributed by atoms with van der Waals surface area (Å²) in [4.78, 5) is 12.0. The molecule has 140 valence electrons. The Morgan fingerprint density at radius 1 is 1.00 bits per heavy atom. The van der Waals surface area contributed by atoms with E-state index in [1.165, 1.54) is 57.0 Å². The van der Waals surface area contributed by atoms with Crippen molar-refractivity contribution in [1.82, 2.24) is 0 Å². The van der Waals surface area contributed by atoms with Gasteiger partial charge < -0.3 is 5.11 Å². The minimum Gasteiger partial charge on any atom is -0.512 e. The molecule has 0 fully saturated rings. The normalized spacial score (nSPS) is 14.2. The quantitative estimate of drug-likeness (QED) is 0.161. The highest BCUT2D eigenvalue weighted by atomic mass is 31.2. The minimum atomic E-state index is -1.20. The number of Topliss-reactive ketones (excluding diaryl/α,β-unsaturated/α-hetero) is 1. The molecule has 0 aromatic heterocycles. The molecule has 0 aliphatic rings. The third kappa shape index (κ3) is 7.51. The van der Waals surface area contributed by atoms with Crippen LogP contribution in [0.25, 0.3) is 0 Å². The summed E-state index contributed by atoms with van der Waals surface area (Å²) in [5.41, 5.74) is 0.969. The summed E-state index contributed by atoms with van der Waals surface area (Å²) in [6, 6.07) is 0. The summed E-state index contributed by atoms with van der Waals surface area (Å²) in [6.07, 6.45) is 14.1. The summed E-state index contributed by atoms with van der Waals surface area (Å²) in [5.74, 6) is 0.190. The van der Waals surface area contributed by atoms with Crippen LogP contribution in [-0.2, 0) is 4.79 Å². The Hall–Kier alpha value is -0.620. The minimum absolute atomic E-state index is 0.00132. The first-order valence-corrected chi connectivity index (χ1v) is 12.2. The predicted molar refractivity (Wildman–Crippen MR) is 111 cm³/mol. The molecule has 0 saturated heterocycles. The second-order valence-electron chi connectivity index (χ2n) is 7.08. The first kappa shape index (κ1) is 23.4. The van der Waals surface area contributed by atoms with Crippen LogP contribution in [0, 0.1) is 0 Å². The van der Waals surface area contributed by atoms with E-state index >= 15 is 0 Å². The van der Waals surface area contributed by atoms with E-state index in [4.69, 9.17) is 0 Å². The second kappa shape index (κ2) is 12.7. The molecule has 1 atom stereocenters. The van der Waals surface area contributed by atoms with Crippen LogP contribution in [-0.4, -0.2) is 35.0 Å². The van der Waals surface area contributed by atoms with Crippen molar-refractivity contribution < 1.29 is 9.90 Å². The zero-order chi connectivity index (χ0) is 18.6. The number of unbranched alkanes of at least 4 members (excludes halogenated alkanes) is 3. The number of aliphatic hydroxyl groups is 1. The van der Waals surface area contributed by atoms with E-state index in [0.29, 0.717) is 17.7 Å². The Balaban J connectivity index is 5.66. The number of carbonyl (C=O) groups is 1. The SMILES string of the molecule is C=CC(C/C(C(C)=O)=C(\C)O)[P+](CCCC)(CCCC)CCCC. The Kier molecular flexibility index (Phi) is 12.4. The van der Waals surface area contributed by atoms with Gasteiger partial charge in [-0.15, -0.1) is 0 Å². The van der Waals surface area contributed by atoms with Crippen molar-refractivity contribution in [3.05, 3.63) is 24.0 Å². The van der Waals surface area contributed by atoms with E-state index in [-0.39, 0.29) is 11.5 Å². The number of rotatable bonds is 14. The maximum Gasteiger partial charge on any atom is 0.159 e. The van der Waals surface area contributed by atoms with Gasteiger partial charge in [-0.2, -0.15) is 0 Å². The molecule has 0 bridgehead atoms. The maximum absolute atomic E-state index is 12.0. The van der Waals surface area contributed by atoms with E-state index in [0.717, 1.165) is 0 Å². The fourth-order valence-electron chi connectivity index (χ4n) is 3.51. The molecule has 1 unspecified atom stereocenters. The molecule has 0 aromatic rings. The third-order valence-corrected chi connectivity index (χ3v) is 10.5. The van der Waals surface area contributed by atoms with Gasteiger partial charge in [-0.1, -0.05) is 52.7 Å². The van der Waals surface area contributed by atoms with Gasteiger partial charge in [0, 0.05) is 19.3 Å². The van der Waals surface area contributed by atoms with E-state index in [9.17, 15) is 9.90 Å². The van der Waals surface area contributed by atoms with Crippen LogP contribution in [0.3, 0.4) is 0 Å². The average molecular weight is 356 g/mol. The molecule has 0 radical (unpaired) electrons. The monoisotopic (exact) mass is 355 g/mol. The van der Waals surface area contributed by atoms with Gasteiger partial charge in [0.05, 0.1) is 29.9 Å². The van der Waals surface area contributed by atoms with E-state index in [1.54, 1.807) is 13.8 Å². The summed E-state index contributed by atoms with van der Waals surface area (Å²) in [5, 5.41) is 9.96. The Labute approximate surface area is 151 Å². The van der Waals surface area contributed by atoms with Crippen molar-refractivity contribution in [2.75, 3.05) is 18.5 Å². The van der Waals surface area contributed by atoms with Gasteiger partial charge in [-0.3, -0.25) is 4.79 Å². The lowest BCUT2D eigenvalue weighted by atomic mass is 10.1. The molecule has 0 aliphatic carbocycles. The fraction of sp³-hybridized carbons (Fsp3) is 0.762.